The molecule has 6 heteroatoms. The van der Waals surface area contributed by atoms with Crippen molar-refractivity contribution >= 4 is 12.3 Å². The summed E-state index contributed by atoms with van der Waals surface area (Å²) in [6.45, 7) is -0.460. The van der Waals surface area contributed by atoms with Crippen molar-refractivity contribution in [1.82, 2.24) is 0 Å². The smallest absolute Gasteiger partial charge is 0.431 e. The number of hydrogen-bond donors (Lipinski definition) is 1. The van der Waals surface area contributed by atoms with Gasteiger partial charge in [-0.2, -0.15) is 0 Å². The zero-order chi connectivity index (χ0) is 8.27. The molecule has 1 fully saturated rings. The van der Waals surface area contributed by atoms with Gasteiger partial charge >= 0.3 is 12.3 Å². The summed E-state index contributed by atoms with van der Waals surface area (Å²) < 4.78 is 12.4. The number of ether oxygens (including phenoxy) is 3. The standard InChI is InChI=1S/C5H6O6/c6-3-1-9-4(7)11-5(8)10-2-3/h3,6H,1-2H2. The van der Waals surface area contributed by atoms with Gasteiger partial charge < -0.3 is 19.3 Å². The van der Waals surface area contributed by atoms with Crippen molar-refractivity contribution < 1.29 is 28.9 Å². The number of hydrogen-bond acceptors (Lipinski definition) is 6. The molecule has 0 unspecified atom stereocenters. The molecule has 0 aromatic carbocycles. The molecule has 1 rings (SSSR count). The van der Waals surface area contributed by atoms with Gasteiger partial charge in [-0.1, -0.05) is 0 Å². The molecule has 62 valence electrons. The second kappa shape index (κ2) is 3.20. The van der Waals surface area contributed by atoms with E-state index in [1.165, 1.54) is 0 Å². The van der Waals surface area contributed by atoms with Crippen LogP contribution in [0.2, 0.25) is 0 Å². The normalized spacial score (nSPS) is 20.8. The maximum atomic E-state index is 10.3. The lowest BCUT2D eigenvalue weighted by molar-refractivity contribution is -0.0370. The highest BCUT2D eigenvalue weighted by Gasteiger charge is 2.20. The third-order valence-electron chi connectivity index (χ3n) is 0.954. The highest BCUT2D eigenvalue weighted by Crippen LogP contribution is 1.98. The van der Waals surface area contributed by atoms with Crippen LogP contribution in [0.4, 0.5) is 9.59 Å². The zero-order valence-electron chi connectivity index (χ0n) is 5.48. The summed E-state index contributed by atoms with van der Waals surface area (Å²) in [5.41, 5.74) is 0. The third kappa shape index (κ3) is 2.42. The summed E-state index contributed by atoms with van der Waals surface area (Å²) in [5, 5.41) is 8.84. The number of carbonyl (C=O) groups excluding carboxylic acids is 2. The first-order chi connectivity index (χ1) is 5.18. The van der Waals surface area contributed by atoms with Crippen molar-refractivity contribution in [2.75, 3.05) is 13.2 Å². The van der Waals surface area contributed by atoms with Gasteiger partial charge in [0.25, 0.3) is 0 Å². The molecule has 1 N–H and O–H groups in total. The van der Waals surface area contributed by atoms with E-state index in [9.17, 15) is 9.59 Å². The van der Waals surface area contributed by atoms with Gasteiger partial charge in [0, 0.05) is 0 Å². The molecule has 1 aliphatic rings. The molecule has 1 saturated heterocycles. The highest BCUT2D eigenvalue weighted by atomic mass is 16.8. The minimum absolute atomic E-state index is 0.230. The Balaban J connectivity index is 2.47. The summed E-state index contributed by atoms with van der Waals surface area (Å²) in [7, 11) is 0. The molecule has 0 amide bonds. The molecule has 1 heterocycles. The average Bonchev–Trinajstić information content (AvgIpc) is 1.95. The molecule has 0 aromatic heterocycles. The quantitative estimate of drug-likeness (QED) is 0.387. The Bertz CT molecular complexity index is 158. The third-order valence-corrected chi connectivity index (χ3v) is 0.954. The van der Waals surface area contributed by atoms with Gasteiger partial charge in [0.1, 0.15) is 19.3 Å². The van der Waals surface area contributed by atoms with Crippen molar-refractivity contribution in [1.29, 1.82) is 0 Å². The number of rotatable bonds is 0. The lowest BCUT2D eigenvalue weighted by Gasteiger charge is -2.14. The Hall–Kier alpha value is -1.30. The Kier molecular flexibility index (Phi) is 2.27. The van der Waals surface area contributed by atoms with Crippen LogP contribution < -0.4 is 0 Å². The average molecular weight is 162 g/mol. The van der Waals surface area contributed by atoms with Crippen LogP contribution in [0, 0.1) is 0 Å². The van der Waals surface area contributed by atoms with E-state index in [1.807, 2.05) is 0 Å². The first-order valence-corrected chi connectivity index (χ1v) is 2.88. The fraction of sp³-hybridized carbons (Fsp3) is 0.600. The van der Waals surface area contributed by atoms with Gasteiger partial charge in [-0.3, -0.25) is 0 Å². The van der Waals surface area contributed by atoms with E-state index in [0.717, 1.165) is 0 Å². The second-order valence-electron chi connectivity index (χ2n) is 1.88. The molecule has 0 aromatic rings. The van der Waals surface area contributed by atoms with Crippen LogP contribution in [0.1, 0.15) is 0 Å². The second-order valence-corrected chi connectivity index (χ2v) is 1.88. The van der Waals surface area contributed by atoms with Crippen molar-refractivity contribution in [2.24, 2.45) is 0 Å². The molecule has 0 radical (unpaired) electrons. The monoisotopic (exact) mass is 162 g/mol. The van der Waals surface area contributed by atoms with E-state index in [1.54, 1.807) is 0 Å². The fourth-order valence-corrected chi connectivity index (χ4v) is 0.504. The van der Waals surface area contributed by atoms with Crippen LogP contribution in [-0.2, 0) is 14.2 Å². The van der Waals surface area contributed by atoms with Crippen molar-refractivity contribution in [3.63, 3.8) is 0 Å². The topological polar surface area (TPSA) is 82.1 Å². The van der Waals surface area contributed by atoms with Crippen LogP contribution in [0.5, 0.6) is 0 Å². The van der Waals surface area contributed by atoms with Crippen LogP contribution >= 0.6 is 0 Å². The predicted octanol–water partition coefficient (Wildman–Crippen LogP) is -0.349. The minimum Gasteiger partial charge on any atom is -0.431 e. The van der Waals surface area contributed by atoms with E-state index in [4.69, 9.17) is 5.11 Å². The molecule has 0 atom stereocenters. The molecule has 6 nitrogen and oxygen atoms in total. The van der Waals surface area contributed by atoms with Crippen molar-refractivity contribution in [3.05, 3.63) is 0 Å². The van der Waals surface area contributed by atoms with Crippen molar-refractivity contribution in [2.45, 2.75) is 6.10 Å². The van der Waals surface area contributed by atoms with Gasteiger partial charge in [-0.15, -0.1) is 0 Å². The molecule has 0 bridgehead atoms. The SMILES string of the molecule is O=C1OCC(O)COC(=O)O1. The van der Waals surface area contributed by atoms with Gasteiger partial charge in [-0.05, 0) is 0 Å². The summed E-state index contributed by atoms with van der Waals surface area (Å²) in [5.74, 6) is 0. The molecule has 0 aliphatic carbocycles. The Morgan fingerprint density at radius 3 is 2.09 bits per heavy atom. The molecule has 11 heavy (non-hydrogen) atoms. The Morgan fingerprint density at radius 2 is 1.64 bits per heavy atom. The first kappa shape index (κ1) is 7.80. The van der Waals surface area contributed by atoms with Crippen LogP contribution in [0.3, 0.4) is 0 Å². The Morgan fingerprint density at radius 1 is 1.18 bits per heavy atom. The lowest BCUT2D eigenvalue weighted by atomic mass is 10.4. The highest BCUT2D eigenvalue weighted by molar-refractivity contribution is 5.77. The summed E-state index contributed by atoms with van der Waals surface area (Å²) >= 11 is 0. The minimum atomic E-state index is -1.16. The number of cyclic esters (lactones) is 4. The zero-order valence-corrected chi connectivity index (χ0v) is 5.48. The van der Waals surface area contributed by atoms with Gasteiger partial charge in [0.15, 0.2) is 0 Å². The fourth-order valence-electron chi connectivity index (χ4n) is 0.504. The lowest BCUT2D eigenvalue weighted by Crippen LogP contribution is -2.30. The summed E-state index contributed by atoms with van der Waals surface area (Å²) in [6, 6.07) is 0. The molecule has 1 aliphatic heterocycles. The number of aliphatic hydroxyl groups is 1. The number of carbonyl (C=O) groups is 2. The largest absolute Gasteiger partial charge is 0.518 e. The molecular formula is C5H6O6. The molecule has 0 saturated carbocycles. The maximum absolute atomic E-state index is 10.3. The first-order valence-electron chi connectivity index (χ1n) is 2.88. The molecule has 0 spiro atoms. The van der Waals surface area contributed by atoms with Gasteiger partial charge in [0.2, 0.25) is 0 Å². The number of aliphatic hydroxyl groups excluding tert-OH is 1. The summed E-state index contributed by atoms with van der Waals surface area (Å²) in [6.07, 6.45) is -3.30. The van der Waals surface area contributed by atoms with E-state index < -0.39 is 18.4 Å². The van der Waals surface area contributed by atoms with Crippen LogP contribution in [-0.4, -0.2) is 36.7 Å². The van der Waals surface area contributed by atoms with Crippen molar-refractivity contribution in [3.8, 4) is 0 Å². The van der Waals surface area contributed by atoms with Gasteiger partial charge in [-0.25, -0.2) is 9.59 Å². The van der Waals surface area contributed by atoms with Crippen LogP contribution in [0.15, 0.2) is 0 Å². The van der Waals surface area contributed by atoms with E-state index in [-0.39, 0.29) is 13.2 Å². The van der Waals surface area contributed by atoms with E-state index in [0.29, 0.717) is 0 Å². The Labute approximate surface area is 61.7 Å². The maximum Gasteiger partial charge on any atom is 0.518 e. The van der Waals surface area contributed by atoms with E-state index >= 15 is 0 Å². The van der Waals surface area contributed by atoms with E-state index in [2.05, 4.69) is 14.2 Å². The predicted molar refractivity (Wildman–Crippen MR) is 29.8 cm³/mol. The molecular weight excluding hydrogens is 156 g/mol. The van der Waals surface area contributed by atoms with Gasteiger partial charge in [0.05, 0.1) is 0 Å². The summed E-state index contributed by atoms with van der Waals surface area (Å²) in [4.78, 5) is 20.7. The van der Waals surface area contributed by atoms with Crippen LogP contribution in [0.25, 0.3) is 0 Å².